The second kappa shape index (κ2) is 11.2. The molecule has 2 N–H and O–H groups in total. The zero-order valence-corrected chi connectivity index (χ0v) is 23.8. The van der Waals surface area contributed by atoms with E-state index in [1.54, 1.807) is 6.20 Å². The molecule has 39 heavy (non-hydrogen) atoms. The van der Waals surface area contributed by atoms with Crippen LogP contribution in [0.4, 0.5) is 11.4 Å². The van der Waals surface area contributed by atoms with Crippen LogP contribution in [0.5, 0.6) is 0 Å². The average Bonchev–Trinajstić information content (AvgIpc) is 3.42. The molecule has 0 bridgehead atoms. The molecule has 0 spiro atoms. The molecule has 200 valence electrons. The highest BCUT2D eigenvalue weighted by Gasteiger charge is 2.42. The number of thiocarbonyl (C=S) groups is 1. The summed E-state index contributed by atoms with van der Waals surface area (Å²) in [6.07, 6.45) is 1.80. The van der Waals surface area contributed by atoms with Crippen molar-refractivity contribution in [2.24, 2.45) is 0 Å². The van der Waals surface area contributed by atoms with Gasteiger partial charge in [0, 0.05) is 46.8 Å². The number of ether oxygens (including phenoxy) is 1. The van der Waals surface area contributed by atoms with Crippen LogP contribution in [0.25, 0.3) is 5.69 Å². The number of benzene rings is 2. The smallest absolute Gasteiger partial charge is 0.250 e. The van der Waals surface area contributed by atoms with Crippen molar-refractivity contribution in [3.05, 3.63) is 106 Å². The number of nitrogens with one attached hydrogen (secondary N) is 2. The van der Waals surface area contributed by atoms with Crippen molar-refractivity contribution in [2.75, 3.05) is 23.9 Å². The summed E-state index contributed by atoms with van der Waals surface area (Å²) < 4.78 is 7.17. The molecule has 4 aromatic rings. The summed E-state index contributed by atoms with van der Waals surface area (Å²) in [5.41, 5.74) is 7.90. The normalized spacial score (nSPS) is 16.8. The zero-order valence-electron chi connectivity index (χ0n) is 22.2. The summed E-state index contributed by atoms with van der Waals surface area (Å²) in [4.78, 5) is 18.8. The molecule has 7 nitrogen and oxygen atoms in total. The topological polar surface area (TPSA) is 71.4 Å². The molecule has 9 heteroatoms. The fourth-order valence-electron chi connectivity index (χ4n) is 5.28. The highest BCUT2D eigenvalue weighted by molar-refractivity contribution is 7.80. The molecule has 2 aromatic heterocycles. The molecule has 3 heterocycles. The van der Waals surface area contributed by atoms with Crippen LogP contribution in [0.1, 0.15) is 40.3 Å². The van der Waals surface area contributed by atoms with Gasteiger partial charge in [-0.1, -0.05) is 23.7 Å². The van der Waals surface area contributed by atoms with E-state index >= 15 is 0 Å². The van der Waals surface area contributed by atoms with E-state index in [9.17, 15) is 4.79 Å². The zero-order chi connectivity index (χ0) is 27.7. The molecule has 1 aliphatic heterocycles. The lowest BCUT2D eigenvalue weighted by molar-refractivity contribution is -0.119. The number of aryl methyl sites for hydroxylation is 1. The summed E-state index contributed by atoms with van der Waals surface area (Å²) in [6, 6.07) is 21.4. The minimum absolute atomic E-state index is 0.00255. The van der Waals surface area contributed by atoms with E-state index in [2.05, 4.69) is 51.1 Å². The van der Waals surface area contributed by atoms with Gasteiger partial charge in [0.2, 0.25) is 5.91 Å². The van der Waals surface area contributed by atoms with Crippen LogP contribution in [0.15, 0.2) is 72.9 Å². The van der Waals surface area contributed by atoms with Gasteiger partial charge in [0.15, 0.2) is 5.11 Å². The van der Waals surface area contributed by atoms with Gasteiger partial charge >= 0.3 is 0 Å². The van der Waals surface area contributed by atoms with Gasteiger partial charge in [-0.15, -0.1) is 0 Å². The van der Waals surface area contributed by atoms with Crippen molar-refractivity contribution in [3.63, 3.8) is 0 Å². The molecule has 0 saturated carbocycles. The predicted octanol–water partition coefficient (Wildman–Crippen LogP) is 6.21. The highest BCUT2D eigenvalue weighted by atomic mass is 35.5. The molecule has 1 fully saturated rings. The Morgan fingerprint density at radius 1 is 1.10 bits per heavy atom. The lowest BCUT2D eigenvalue weighted by Crippen LogP contribution is -2.29. The predicted molar refractivity (Wildman–Crippen MR) is 160 cm³/mol. The fourth-order valence-corrected chi connectivity index (χ4v) is 5.79. The third kappa shape index (κ3) is 5.15. The lowest BCUT2D eigenvalue weighted by Gasteiger charge is -2.28. The van der Waals surface area contributed by atoms with Gasteiger partial charge in [0.1, 0.15) is 6.61 Å². The first kappa shape index (κ1) is 26.9. The molecule has 5 rings (SSSR count). The van der Waals surface area contributed by atoms with Crippen LogP contribution >= 0.6 is 23.8 Å². The Labute approximate surface area is 238 Å². The van der Waals surface area contributed by atoms with E-state index in [4.69, 9.17) is 28.6 Å². The van der Waals surface area contributed by atoms with E-state index in [0.717, 1.165) is 44.6 Å². The van der Waals surface area contributed by atoms with Gasteiger partial charge in [-0.25, -0.2) is 0 Å². The van der Waals surface area contributed by atoms with Crippen LogP contribution in [0.2, 0.25) is 5.02 Å². The Kier molecular flexibility index (Phi) is 7.70. The standard InChI is InChI=1S/C30H30ClN5O2S/c1-18-16-23(20(3)35(18)26-10-7-8-24(31)19(26)2)29-28(25-9-5-6-15-32-25)34-30(39)36(29)22-13-11-21(12-14-22)33-27(37)17-38-4/h5-16,28-29H,17H2,1-4H3,(H,33,37)(H,34,39)/t28-,29+/m1/s1. The Morgan fingerprint density at radius 2 is 1.87 bits per heavy atom. The first-order chi connectivity index (χ1) is 18.8. The molecule has 1 amide bonds. The van der Waals surface area contributed by atoms with Crippen LogP contribution in [-0.4, -0.2) is 34.3 Å². The largest absolute Gasteiger partial charge is 0.375 e. The highest BCUT2D eigenvalue weighted by Crippen LogP contribution is 2.44. The third-order valence-electron chi connectivity index (χ3n) is 7.07. The lowest BCUT2D eigenvalue weighted by atomic mass is 9.96. The van der Waals surface area contributed by atoms with Crippen LogP contribution in [-0.2, 0) is 9.53 Å². The van der Waals surface area contributed by atoms with E-state index in [1.807, 2.05) is 61.5 Å². The van der Waals surface area contributed by atoms with E-state index < -0.39 is 0 Å². The number of hydrogen-bond acceptors (Lipinski definition) is 4. The maximum absolute atomic E-state index is 12.0. The Balaban J connectivity index is 1.60. The van der Waals surface area contributed by atoms with Gasteiger partial charge in [-0.2, -0.15) is 0 Å². The number of carbonyl (C=O) groups excluding carboxylic acids is 1. The van der Waals surface area contributed by atoms with E-state index in [1.165, 1.54) is 7.11 Å². The van der Waals surface area contributed by atoms with Gasteiger partial charge < -0.3 is 24.8 Å². The van der Waals surface area contributed by atoms with Crippen LogP contribution in [0, 0.1) is 20.8 Å². The van der Waals surface area contributed by atoms with E-state index in [-0.39, 0.29) is 24.6 Å². The minimum Gasteiger partial charge on any atom is -0.375 e. The number of anilines is 2. The second-order valence-electron chi connectivity index (χ2n) is 9.57. The monoisotopic (exact) mass is 559 g/mol. The molecule has 2 aromatic carbocycles. The summed E-state index contributed by atoms with van der Waals surface area (Å²) in [5.74, 6) is -0.208. The van der Waals surface area contributed by atoms with Gasteiger partial charge in [0.05, 0.1) is 17.8 Å². The number of pyridine rings is 1. The van der Waals surface area contributed by atoms with Crippen LogP contribution < -0.4 is 15.5 Å². The summed E-state index contributed by atoms with van der Waals surface area (Å²) in [6.45, 7) is 6.27. The van der Waals surface area contributed by atoms with Gasteiger partial charge in [-0.05, 0) is 98.7 Å². The molecule has 1 aliphatic rings. The summed E-state index contributed by atoms with van der Waals surface area (Å²) in [7, 11) is 1.49. The third-order valence-corrected chi connectivity index (χ3v) is 7.80. The first-order valence-electron chi connectivity index (χ1n) is 12.6. The maximum atomic E-state index is 12.0. The molecule has 0 unspecified atom stereocenters. The van der Waals surface area contributed by atoms with Crippen molar-refractivity contribution in [1.82, 2.24) is 14.9 Å². The van der Waals surface area contributed by atoms with Gasteiger partial charge in [-0.3, -0.25) is 9.78 Å². The molecule has 2 atom stereocenters. The quantitative estimate of drug-likeness (QED) is 0.262. The summed E-state index contributed by atoms with van der Waals surface area (Å²) >= 11 is 12.4. The maximum Gasteiger partial charge on any atom is 0.250 e. The number of aromatic nitrogens is 2. The fraction of sp³-hybridized carbons (Fsp3) is 0.233. The number of nitrogens with zero attached hydrogens (tertiary/aromatic N) is 3. The van der Waals surface area contributed by atoms with Crippen LogP contribution in [0.3, 0.4) is 0 Å². The van der Waals surface area contributed by atoms with E-state index in [0.29, 0.717) is 10.8 Å². The molecular formula is C30H30ClN5O2S. The molecule has 0 aliphatic carbocycles. The number of carbonyl (C=O) groups is 1. The molecule has 0 radical (unpaired) electrons. The molecule has 1 saturated heterocycles. The first-order valence-corrected chi connectivity index (χ1v) is 13.4. The Hall–Kier alpha value is -3.72. The second-order valence-corrected chi connectivity index (χ2v) is 10.4. The SMILES string of the molecule is COCC(=O)Nc1ccc(N2C(=S)N[C@H](c3ccccn3)[C@@H]2c2cc(C)n(-c3cccc(Cl)c3C)c2C)cc1. The number of hydrogen-bond donors (Lipinski definition) is 2. The van der Waals surface area contributed by atoms with Crippen molar-refractivity contribution in [2.45, 2.75) is 32.9 Å². The molecular weight excluding hydrogens is 530 g/mol. The number of methoxy groups -OCH3 is 1. The Bertz CT molecular complexity index is 1520. The Morgan fingerprint density at radius 3 is 2.56 bits per heavy atom. The summed E-state index contributed by atoms with van der Waals surface area (Å²) in [5, 5.41) is 7.71. The number of halogens is 1. The number of rotatable bonds is 7. The van der Waals surface area contributed by atoms with Crippen molar-refractivity contribution in [3.8, 4) is 5.69 Å². The average molecular weight is 560 g/mol. The number of amides is 1. The van der Waals surface area contributed by atoms with Crippen molar-refractivity contribution < 1.29 is 9.53 Å². The van der Waals surface area contributed by atoms with Crippen molar-refractivity contribution in [1.29, 1.82) is 0 Å². The van der Waals surface area contributed by atoms with Crippen molar-refractivity contribution >= 4 is 46.2 Å². The van der Waals surface area contributed by atoms with Gasteiger partial charge in [0.25, 0.3) is 0 Å². The minimum atomic E-state index is -0.208.